The number of nitrogens with one attached hydrogen (secondary N) is 1. The minimum atomic E-state index is -0.207. The Hall–Kier alpha value is -3.77. The van der Waals surface area contributed by atoms with E-state index in [1.54, 1.807) is 0 Å². The summed E-state index contributed by atoms with van der Waals surface area (Å²) in [5.74, 6) is 1.93. The van der Waals surface area contributed by atoms with Crippen molar-refractivity contribution < 1.29 is 19.4 Å². The molecular formula is C33H34N2O4. The van der Waals surface area contributed by atoms with Gasteiger partial charge in [0.15, 0.2) is 11.5 Å². The van der Waals surface area contributed by atoms with E-state index in [4.69, 9.17) is 9.47 Å². The molecule has 1 fully saturated rings. The van der Waals surface area contributed by atoms with E-state index in [1.807, 2.05) is 24.3 Å². The first kappa shape index (κ1) is 24.3. The first-order valence-corrected chi connectivity index (χ1v) is 14.0. The van der Waals surface area contributed by atoms with Gasteiger partial charge in [-0.1, -0.05) is 48.6 Å². The smallest absolute Gasteiger partial charge is 0.255 e. The van der Waals surface area contributed by atoms with Crippen LogP contribution in [0.3, 0.4) is 0 Å². The zero-order chi connectivity index (χ0) is 26.6. The number of nitrogens with zero attached hydrogens (tertiary/aromatic N) is 1. The molecule has 2 heterocycles. The van der Waals surface area contributed by atoms with Gasteiger partial charge in [0.1, 0.15) is 5.75 Å². The lowest BCUT2D eigenvalue weighted by atomic mass is 9.54. The molecule has 1 saturated heterocycles. The molecule has 1 amide bonds. The van der Waals surface area contributed by atoms with Gasteiger partial charge < -0.3 is 24.8 Å². The molecule has 0 saturated carbocycles. The van der Waals surface area contributed by atoms with E-state index < -0.39 is 0 Å². The highest BCUT2D eigenvalue weighted by Crippen LogP contribution is 2.56. The minimum absolute atomic E-state index is 0.0698. The molecule has 2 N–H and O–H groups in total. The number of piperidine rings is 1. The number of ether oxygens (including phenoxy) is 2. The van der Waals surface area contributed by atoms with Gasteiger partial charge in [-0.25, -0.2) is 0 Å². The number of carbonyl (C=O) groups is 1. The number of amides is 1. The standard InChI is InChI=1S/C33H34N2O4/c1-35-17-15-33-14-3-2-4-26(33)27(35)18-24-9-11-25(31(36)30(24)33)32(37)34-16-13-21-5-7-22(8-6-21)23-10-12-28-29(19-23)39-20-38-28/h2,4-12,19,26-27,36H,3,13-18,20H2,1H3,(H,34,37). The molecule has 3 aromatic rings. The number of fused-ring (bicyclic) bond motifs is 2. The van der Waals surface area contributed by atoms with Crippen LogP contribution in [0.15, 0.2) is 66.7 Å². The van der Waals surface area contributed by atoms with Crippen molar-refractivity contribution >= 4 is 5.91 Å². The first-order chi connectivity index (χ1) is 19.0. The Morgan fingerprint density at radius 1 is 1.05 bits per heavy atom. The number of hydrogen-bond donors (Lipinski definition) is 2. The molecule has 6 heteroatoms. The molecular weight excluding hydrogens is 488 g/mol. The second kappa shape index (κ2) is 9.45. The fourth-order valence-electron chi connectivity index (χ4n) is 7.36. The Morgan fingerprint density at radius 3 is 2.74 bits per heavy atom. The number of allylic oxidation sites excluding steroid dienone is 1. The summed E-state index contributed by atoms with van der Waals surface area (Å²) in [6.07, 6.45) is 9.38. The number of hydrogen-bond acceptors (Lipinski definition) is 5. The zero-order valence-electron chi connectivity index (χ0n) is 22.3. The maximum absolute atomic E-state index is 13.2. The summed E-state index contributed by atoms with van der Waals surface area (Å²) in [5.41, 5.74) is 5.89. The van der Waals surface area contributed by atoms with E-state index in [2.05, 4.69) is 59.7 Å². The highest BCUT2D eigenvalue weighted by Gasteiger charge is 2.53. The van der Waals surface area contributed by atoms with Gasteiger partial charge in [-0.2, -0.15) is 0 Å². The predicted molar refractivity (Wildman–Crippen MR) is 150 cm³/mol. The molecule has 0 aromatic heterocycles. The molecule has 3 atom stereocenters. The fraction of sp³-hybridized carbons (Fsp3) is 0.364. The van der Waals surface area contributed by atoms with Crippen LogP contribution in [0.25, 0.3) is 11.1 Å². The molecule has 7 rings (SSSR count). The average molecular weight is 523 g/mol. The van der Waals surface area contributed by atoms with Crippen LogP contribution < -0.4 is 14.8 Å². The Labute approximate surface area is 229 Å². The van der Waals surface area contributed by atoms with Crippen LogP contribution in [0.2, 0.25) is 0 Å². The maximum atomic E-state index is 13.2. The van der Waals surface area contributed by atoms with E-state index >= 15 is 0 Å². The van der Waals surface area contributed by atoms with Crippen molar-refractivity contribution in [2.75, 3.05) is 26.9 Å². The van der Waals surface area contributed by atoms with Crippen LogP contribution in [0, 0.1) is 5.92 Å². The van der Waals surface area contributed by atoms with Crippen LogP contribution in [0.1, 0.15) is 46.3 Å². The van der Waals surface area contributed by atoms with Crippen LogP contribution in [-0.4, -0.2) is 48.9 Å². The molecule has 2 bridgehead atoms. The molecule has 4 aliphatic rings. The molecule has 3 aromatic carbocycles. The summed E-state index contributed by atoms with van der Waals surface area (Å²) < 4.78 is 10.9. The Morgan fingerprint density at radius 2 is 1.87 bits per heavy atom. The third-order valence-electron chi connectivity index (χ3n) is 9.42. The average Bonchev–Trinajstić information content (AvgIpc) is 3.43. The molecule has 6 nitrogen and oxygen atoms in total. The number of phenols is 1. The number of likely N-dealkylation sites (tertiary alicyclic amines) is 1. The van der Waals surface area contributed by atoms with Crippen molar-refractivity contribution in [2.45, 2.75) is 43.6 Å². The van der Waals surface area contributed by atoms with Gasteiger partial charge in [-0.05, 0) is 86.1 Å². The maximum Gasteiger partial charge on any atom is 0.255 e. The van der Waals surface area contributed by atoms with E-state index in [1.165, 1.54) is 5.56 Å². The van der Waals surface area contributed by atoms with Crippen molar-refractivity contribution in [3.05, 3.63) is 89.0 Å². The SMILES string of the molecule is CN1CCC23CCC=CC2C1Cc1ccc(C(=O)NCCc2ccc(-c4ccc5c(c4)OCO5)cc2)c(O)c13. The number of benzene rings is 3. The second-order valence-electron chi connectivity index (χ2n) is 11.4. The summed E-state index contributed by atoms with van der Waals surface area (Å²) in [4.78, 5) is 15.7. The summed E-state index contributed by atoms with van der Waals surface area (Å²) in [6.45, 7) is 1.79. The molecule has 2 aliphatic heterocycles. The molecule has 0 spiro atoms. The van der Waals surface area contributed by atoms with E-state index in [0.29, 0.717) is 30.5 Å². The lowest BCUT2D eigenvalue weighted by molar-refractivity contribution is 0.0460. The largest absolute Gasteiger partial charge is 0.507 e. The number of rotatable bonds is 5. The van der Waals surface area contributed by atoms with Gasteiger partial charge in [-0.3, -0.25) is 4.79 Å². The second-order valence-corrected chi connectivity index (χ2v) is 11.4. The third-order valence-corrected chi connectivity index (χ3v) is 9.42. The van der Waals surface area contributed by atoms with Gasteiger partial charge in [0.2, 0.25) is 6.79 Å². The lowest BCUT2D eigenvalue weighted by Crippen LogP contribution is -2.58. The van der Waals surface area contributed by atoms with Crippen LogP contribution >= 0.6 is 0 Å². The topological polar surface area (TPSA) is 71.0 Å². The molecule has 3 unspecified atom stereocenters. The highest BCUT2D eigenvalue weighted by molar-refractivity contribution is 5.97. The van der Waals surface area contributed by atoms with Crippen LogP contribution in [0.5, 0.6) is 17.2 Å². The van der Waals surface area contributed by atoms with Gasteiger partial charge in [0, 0.05) is 29.5 Å². The quantitative estimate of drug-likeness (QED) is 0.450. The summed E-state index contributed by atoms with van der Waals surface area (Å²) in [7, 11) is 2.22. The van der Waals surface area contributed by atoms with Gasteiger partial charge >= 0.3 is 0 Å². The van der Waals surface area contributed by atoms with Crippen molar-refractivity contribution in [3.63, 3.8) is 0 Å². The Balaban J connectivity index is 1.05. The van der Waals surface area contributed by atoms with E-state index in [-0.39, 0.29) is 23.9 Å². The van der Waals surface area contributed by atoms with E-state index in [0.717, 1.165) is 66.0 Å². The Bertz CT molecular complexity index is 1460. The molecule has 0 radical (unpaired) electrons. The molecule has 2 aliphatic carbocycles. The predicted octanol–water partition coefficient (Wildman–Crippen LogP) is 5.22. The van der Waals surface area contributed by atoms with Crippen molar-refractivity contribution in [1.82, 2.24) is 10.2 Å². The van der Waals surface area contributed by atoms with Gasteiger partial charge in [0.25, 0.3) is 5.91 Å². The summed E-state index contributed by atoms with van der Waals surface area (Å²) in [6, 6.07) is 18.7. The molecule has 39 heavy (non-hydrogen) atoms. The van der Waals surface area contributed by atoms with Crippen molar-refractivity contribution in [2.24, 2.45) is 5.92 Å². The first-order valence-electron chi connectivity index (χ1n) is 14.0. The highest BCUT2D eigenvalue weighted by atomic mass is 16.7. The molecule has 200 valence electrons. The zero-order valence-corrected chi connectivity index (χ0v) is 22.3. The summed E-state index contributed by atoms with van der Waals surface area (Å²) >= 11 is 0. The van der Waals surface area contributed by atoms with Crippen LogP contribution in [-0.2, 0) is 18.3 Å². The van der Waals surface area contributed by atoms with Gasteiger partial charge in [0.05, 0.1) is 5.56 Å². The Kier molecular flexibility index (Phi) is 5.89. The monoisotopic (exact) mass is 522 g/mol. The lowest BCUT2D eigenvalue weighted by Gasteiger charge is -2.56. The van der Waals surface area contributed by atoms with Crippen molar-refractivity contribution in [1.29, 1.82) is 0 Å². The summed E-state index contributed by atoms with van der Waals surface area (Å²) in [5, 5.41) is 14.6. The number of aromatic hydroxyl groups is 1. The fourth-order valence-corrected chi connectivity index (χ4v) is 7.36. The number of phenolic OH excluding ortho intramolecular Hbond substituents is 1. The van der Waals surface area contributed by atoms with Gasteiger partial charge in [-0.15, -0.1) is 0 Å². The van der Waals surface area contributed by atoms with Crippen molar-refractivity contribution in [3.8, 4) is 28.4 Å². The number of carbonyl (C=O) groups excluding carboxylic acids is 1. The third kappa shape index (κ3) is 4.00. The van der Waals surface area contributed by atoms with E-state index in [9.17, 15) is 9.90 Å². The normalized spacial score (nSPS) is 24.6. The minimum Gasteiger partial charge on any atom is -0.507 e. The van der Waals surface area contributed by atoms with Crippen LogP contribution in [0.4, 0.5) is 0 Å². The number of likely N-dealkylation sites (N-methyl/N-ethyl adjacent to an activating group) is 1.